The van der Waals surface area contributed by atoms with Crippen molar-refractivity contribution >= 4 is 34.4 Å². The maximum absolute atomic E-state index is 12.9. The Morgan fingerprint density at radius 2 is 2.00 bits per heavy atom. The van der Waals surface area contributed by atoms with Crippen LogP contribution in [0.1, 0.15) is 24.0 Å². The lowest BCUT2D eigenvalue weighted by Crippen LogP contribution is -2.28. The molecular weight excluding hydrogens is 376 g/mol. The molecule has 5 rings (SSSR count). The predicted molar refractivity (Wildman–Crippen MR) is 105 cm³/mol. The van der Waals surface area contributed by atoms with Crippen molar-refractivity contribution in [1.29, 1.82) is 0 Å². The van der Waals surface area contributed by atoms with Crippen molar-refractivity contribution in [2.75, 3.05) is 5.75 Å². The van der Waals surface area contributed by atoms with Gasteiger partial charge in [0.1, 0.15) is 23.3 Å². The number of hydrazone groups is 1. The molecule has 1 atom stereocenters. The number of nitrogens with zero attached hydrogens (tertiary/aromatic N) is 3. The molecule has 8 heteroatoms. The number of para-hydroxylation sites is 2. The molecule has 1 N–H and O–H groups in total. The molecule has 0 spiro atoms. The molecule has 1 aromatic carbocycles. The summed E-state index contributed by atoms with van der Waals surface area (Å²) in [5.41, 5.74) is 2.56. The number of imidazole rings is 1. The highest BCUT2D eigenvalue weighted by atomic mass is 32.2. The van der Waals surface area contributed by atoms with Crippen molar-refractivity contribution in [3.63, 3.8) is 0 Å². The SMILES string of the molecule is O=C(CSc1nc2ccccc2[nH]1)N1N=C(c2ccco2)CC1c1ccco1. The topological polar surface area (TPSA) is 87.6 Å². The van der Waals surface area contributed by atoms with E-state index < -0.39 is 0 Å². The summed E-state index contributed by atoms with van der Waals surface area (Å²) in [6.07, 6.45) is 3.75. The van der Waals surface area contributed by atoms with E-state index in [0.29, 0.717) is 23.1 Å². The number of carbonyl (C=O) groups is 1. The van der Waals surface area contributed by atoms with Gasteiger partial charge in [-0.2, -0.15) is 5.10 Å². The number of benzene rings is 1. The number of H-pyrrole nitrogens is 1. The number of carbonyl (C=O) groups excluding carboxylic acids is 1. The van der Waals surface area contributed by atoms with Gasteiger partial charge in [-0.3, -0.25) is 4.79 Å². The van der Waals surface area contributed by atoms with E-state index in [1.54, 1.807) is 12.5 Å². The average molecular weight is 392 g/mol. The Kier molecular flexibility index (Phi) is 4.25. The van der Waals surface area contributed by atoms with E-state index in [4.69, 9.17) is 8.83 Å². The first-order valence-corrected chi connectivity index (χ1v) is 9.81. The number of fused-ring (bicyclic) bond motifs is 1. The normalized spacial score (nSPS) is 16.6. The Hall–Kier alpha value is -3.26. The van der Waals surface area contributed by atoms with Crippen molar-refractivity contribution in [2.24, 2.45) is 5.10 Å². The Morgan fingerprint density at radius 3 is 2.79 bits per heavy atom. The fraction of sp³-hybridized carbons (Fsp3) is 0.150. The minimum Gasteiger partial charge on any atom is -0.467 e. The van der Waals surface area contributed by atoms with Gasteiger partial charge in [0.15, 0.2) is 5.16 Å². The summed E-state index contributed by atoms with van der Waals surface area (Å²) < 4.78 is 11.0. The second-order valence-electron chi connectivity index (χ2n) is 6.35. The van der Waals surface area contributed by atoms with Crippen molar-refractivity contribution in [3.8, 4) is 0 Å². The molecule has 0 radical (unpaired) electrons. The number of hydrogen-bond donors (Lipinski definition) is 1. The van der Waals surface area contributed by atoms with Crippen LogP contribution in [0.4, 0.5) is 0 Å². The zero-order valence-electron chi connectivity index (χ0n) is 14.7. The van der Waals surface area contributed by atoms with Crippen LogP contribution in [-0.4, -0.2) is 32.3 Å². The zero-order valence-corrected chi connectivity index (χ0v) is 15.6. The van der Waals surface area contributed by atoms with Crippen molar-refractivity contribution in [3.05, 3.63) is 72.6 Å². The Morgan fingerprint density at radius 1 is 1.14 bits per heavy atom. The highest BCUT2D eigenvalue weighted by Crippen LogP contribution is 2.34. The van der Waals surface area contributed by atoms with Crippen LogP contribution < -0.4 is 0 Å². The number of furan rings is 2. The molecule has 0 fully saturated rings. The van der Waals surface area contributed by atoms with Gasteiger partial charge in [0.05, 0.1) is 29.3 Å². The second-order valence-corrected chi connectivity index (χ2v) is 7.31. The van der Waals surface area contributed by atoms with Gasteiger partial charge in [-0.15, -0.1) is 0 Å². The summed E-state index contributed by atoms with van der Waals surface area (Å²) in [7, 11) is 0. The van der Waals surface area contributed by atoms with Gasteiger partial charge in [-0.25, -0.2) is 9.99 Å². The molecule has 140 valence electrons. The third-order valence-electron chi connectivity index (χ3n) is 4.54. The van der Waals surface area contributed by atoms with Gasteiger partial charge >= 0.3 is 0 Å². The van der Waals surface area contributed by atoms with Gasteiger partial charge in [0.25, 0.3) is 5.91 Å². The maximum atomic E-state index is 12.9. The third-order valence-corrected chi connectivity index (χ3v) is 5.40. The lowest BCUT2D eigenvalue weighted by Gasteiger charge is -2.19. The van der Waals surface area contributed by atoms with Crippen molar-refractivity contribution < 1.29 is 13.6 Å². The molecule has 3 aromatic heterocycles. The minimum absolute atomic E-state index is 0.117. The minimum atomic E-state index is -0.279. The van der Waals surface area contributed by atoms with E-state index in [9.17, 15) is 4.79 Å². The monoisotopic (exact) mass is 392 g/mol. The van der Waals surface area contributed by atoms with Crippen LogP contribution in [0.15, 0.2) is 80.1 Å². The molecule has 1 aliphatic heterocycles. The average Bonchev–Trinajstić information content (AvgIpc) is 3.50. The molecule has 4 heterocycles. The molecule has 28 heavy (non-hydrogen) atoms. The van der Waals surface area contributed by atoms with E-state index >= 15 is 0 Å². The fourth-order valence-electron chi connectivity index (χ4n) is 3.23. The first kappa shape index (κ1) is 16.9. The molecule has 4 aromatic rings. The molecule has 0 bridgehead atoms. The number of thioether (sulfide) groups is 1. The number of aromatic nitrogens is 2. The lowest BCUT2D eigenvalue weighted by molar-refractivity contribution is -0.130. The number of aromatic amines is 1. The van der Waals surface area contributed by atoms with Crippen LogP contribution in [0.2, 0.25) is 0 Å². The quantitative estimate of drug-likeness (QED) is 0.514. The van der Waals surface area contributed by atoms with Crippen molar-refractivity contribution in [1.82, 2.24) is 15.0 Å². The smallest absolute Gasteiger partial charge is 0.253 e. The van der Waals surface area contributed by atoms with E-state index in [0.717, 1.165) is 16.7 Å². The van der Waals surface area contributed by atoms with Crippen LogP contribution >= 0.6 is 11.8 Å². The van der Waals surface area contributed by atoms with Crippen LogP contribution in [0.3, 0.4) is 0 Å². The summed E-state index contributed by atoms with van der Waals surface area (Å²) in [4.78, 5) is 20.7. The van der Waals surface area contributed by atoms with E-state index in [-0.39, 0.29) is 17.7 Å². The largest absolute Gasteiger partial charge is 0.467 e. The molecular formula is C20H16N4O3S. The number of rotatable bonds is 5. The van der Waals surface area contributed by atoms with Gasteiger partial charge in [0.2, 0.25) is 0 Å². The Balaban J connectivity index is 1.36. The van der Waals surface area contributed by atoms with Crippen LogP contribution in [0, 0.1) is 0 Å². The summed E-state index contributed by atoms with van der Waals surface area (Å²) in [5.74, 6) is 1.46. The summed E-state index contributed by atoms with van der Waals surface area (Å²) in [6, 6.07) is 14.8. The molecule has 0 saturated carbocycles. The van der Waals surface area contributed by atoms with Crippen molar-refractivity contribution in [2.45, 2.75) is 17.6 Å². The first-order valence-electron chi connectivity index (χ1n) is 8.82. The van der Waals surface area contributed by atoms with E-state index in [1.165, 1.54) is 16.8 Å². The van der Waals surface area contributed by atoms with Gasteiger partial charge in [-0.1, -0.05) is 23.9 Å². The van der Waals surface area contributed by atoms with Crippen LogP contribution in [0.25, 0.3) is 11.0 Å². The predicted octanol–water partition coefficient (Wildman–Crippen LogP) is 4.22. The molecule has 1 amide bonds. The standard InChI is InChI=1S/C20H16N4O3S/c25-19(12-28-20-21-13-5-1-2-6-14(13)22-20)24-16(18-8-4-10-27-18)11-15(23-24)17-7-3-9-26-17/h1-10,16H,11-12H2,(H,21,22). The number of nitrogens with one attached hydrogen (secondary N) is 1. The summed E-state index contributed by atoms with van der Waals surface area (Å²) in [6.45, 7) is 0. The fourth-order valence-corrected chi connectivity index (χ4v) is 3.97. The first-order chi connectivity index (χ1) is 13.8. The summed E-state index contributed by atoms with van der Waals surface area (Å²) in [5, 5.41) is 6.73. The molecule has 1 aliphatic rings. The number of hydrogen-bond acceptors (Lipinski definition) is 6. The second kappa shape index (κ2) is 7.05. The van der Waals surface area contributed by atoms with Gasteiger partial charge in [-0.05, 0) is 36.4 Å². The highest BCUT2D eigenvalue weighted by molar-refractivity contribution is 7.99. The summed E-state index contributed by atoms with van der Waals surface area (Å²) >= 11 is 1.36. The van der Waals surface area contributed by atoms with Crippen LogP contribution in [-0.2, 0) is 4.79 Å². The van der Waals surface area contributed by atoms with Gasteiger partial charge in [0, 0.05) is 6.42 Å². The Bertz CT molecular complexity index is 1100. The third kappa shape index (κ3) is 3.11. The lowest BCUT2D eigenvalue weighted by atomic mass is 10.1. The highest BCUT2D eigenvalue weighted by Gasteiger charge is 2.35. The molecule has 0 aliphatic carbocycles. The van der Waals surface area contributed by atoms with Crippen LogP contribution in [0.5, 0.6) is 0 Å². The molecule has 1 unspecified atom stereocenters. The van der Waals surface area contributed by atoms with E-state index in [1.807, 2.05) is 48.5 Å². The molecule has 7 nitrogen and oxygen atoms in total. The maximum Gasteiger partial charge on any atom is 0.253 e. The zero-order chi connectivity index (χ0) is 18.9. The number of amides is 1. The van der Waals surface area contributed by atoms with Gasteiger partial charge < -0.3 is 13.8 Å². The van der Waals surface area contributed by atoms with E-state index in [2.05, 4.69) is 15.1 Å². The Labute approximate surface area is 164 Å². The molecule has 0 saturated heterocycles.